The van der Waals surface area contributed by atoms with Gasteiger partial charge in [-0.2, -0.15) is 0 Å². The number of anilines is 2. The minimum atomic E-state index is -0.496. The average Bonchev–Trinajstić information content (AvgIpc) is 2.49. The van der Waals surface area contributed by atoms with Crippen LogP contribution < -0.4 is 21.3 Å². The first-order chi connectivity index (χ1) is 9.63. The minimum absolute atomic E-state index is 0.0573. The van der Waals surface area contributed by atoms with Crippen LogP contribution >= 0.6 is 0 Å². The van der Waals surface area contributed by atoms with E-state index in [1.54, 1.807) is 0 Å². The Morgan fingerprint density at radius 2 is 2.15 bits per heavy atom. The summed E-state index contributed by atoms with van der Waals surface area (Å²) in [6.45, 7) is 0. The van der Waals surface area contributed by atoms with Gasteiger partial charge in [0.2, 0.25) is 0 Å². The van der Waals surface area contributed by atoms with Crippen LogP contribution in [0.2, 0.25) is 0 Å². The molecule has 0 spiro atoms. The summed E-state index contributed by atoms with van der Waals surface area (Å²) in [6, 6.07) is 7.09. The molecule has 0 radical (unpaired) electrons. The molecule has 0 fully saturated rings. The fourth-order valence-corrected chi connectivity index (χ4v) is 1.59. The van der Waals surface area contributed by atoms with Crippen LogP contribution in [0.3, 0.4) is 0 Å². The second kappa shape index (κ2) is 5.98. The van der Waals surface area contributed by atoms with Gasteiger partial charge in [0.1, 0.15) is 5.82 Å². The number of hydrazine groups is 1. The van der Waals surface area contributed by atoms with E-state index < -0.39 is 5.82 Å². The lowest BCUT2D eigenvalue weighted by Gasteiger charge is -2.08. The second-order valence-electron chi connectivity index (χ2n) is 3.88. The Labute approximate surface area is 114 Å². The van der Waals surface area contributed by atoms with Crippen molar-refractivity contribution < 1.29 is 13.9 Å². The third-order valence-corrected chi connectivity index (χ3v) is 2.58. The fourth-order valence-electron chi connectivity index (χ4n) is 1.59. The maximum absolute atomic E-state index is 13.3. The molecule has 7 heteroatoms. The number of aromatic nitrogens is 1. The fraction of sp³-hybridized carbons (Fsp3) is 0.0769. The highest BCUT2D eigenvalue weighted by atomic mass is 19.1. The van der Waals surface area contributed by atoms with Crippen LogP contribution in [-0.2, 0) is 0 Å². The van der Waals surface area contributed by atoms with Crippen molar-refractivity contribution in [3.63, 3.8) is 0 Å². The highest BCUT2D eigenvalue weighted by molar-refractivity contribution is 6.04. The zero-order valence-electron chi connectivity index (χ0n) is 10.7. The number of hydrogen-bond donors (Lipinski definition) is 3. The molecule has 0 bridgehead atoms. The third kappa shape index (κ3) is 3.01. The quantitative estimate of drug-likeness (QED) is 0.585. The van der Waals surface area contributed by atoms with Crippen molar-refractivity contribution in [2.45, 2.75) is 0 Å². The Morgan fingerprint density at radius 1 is 1.35 bits per heavy atom. The number of pyridine rings is 1. The molecule has 4 N–H and O–H groups in total. The molecule has 1 aromatic heterocycles. The van der Waals surface area contributed by atoms with Crippen molar-refractivity contribution >= 4 is 17.4 Å². The summed E-state index contributed by atoms with van der Waals surface area (Å²) < 4.78 is 18.1. The molecule has 104 valence electrons. The van der Waals surface area contributed by atoms with Crippen LogP contribution in [0.5, 0.6) is 5.75 Å². The van der Waals surface area contributed by atoms with Crippen LogP contribution in [0.15, 0.2) is 36.5 Å². The summed E-state index contributed by atoms with van der Waals surface area (Å²) in [5.41, 5.74) is 3.15. The molecule has 2 rings (SSSR count). The largest absolute Gasteiger partial charge is 0.494 e. The van der Waals surface area contributed by atoms with Gasteiger partial charge in [-0.05, 0) is 24.3 Å². The van der Waals surface area contributed by atoms with E-state index in [2.05, 4.69) is 15.7 Å². The average molecular weight is 276 g/mol. The maximum Gasteiger partial charge on any atom is 0.255 e. The molecular weight excluding hydrogens is 263 g/mol. The van der Waals surface area contributed by atoms with Crippen molar-refractivity contribution in [3.05, 3.63) is 47.9 Å². The molecule has 20 heavy (non-hydrogen) atoms. The lowest BCUT2D eigenvalue weighted by atomic mass is 10.2. The molecule has 0 aliphatic rings. The first kappa shape index (κ1) is 13.8. The number of nitrogen functional groups attached to an aromatic ring is 1. The number of amides is 1. The smallest absolute Gasteiger partial charge is 0.255 e. The van der Waals surface area contributed by atoms with Gasteiger partial charge in [0.05, 0.1) is 7.11 Å². The van der Waals surface area contributed by atoms with E-state index >= 15 is 0 Å². The van der Waals surface area contributed by atoms with Gasteiger partial charge >= 0.3 is 0 Å². The van der Waals surface area contributed by atoms with E-state index in [1.165, 1.54) is 43.6 Å². The van der Waals surface area contributed by atoms with Crippen LogP contribution in [0.1, 0.15) is 10.4 Å². The summed E-state index contributed by atoms with van der Waals surface area (Å²) in [7, 11) is 1.35. The predicted molar refractivity (Wildman–Crippen MR) is 73.0 cm³/mol. The van der Waals surface area contributed by atoms with E-state index in [0.717, 1.165) is 0 Å². The van der Waals surface area contributed by atoms with Gasteiger partial charge in [-0.1, -0.05) is 0 Å². The monoisotopic (exact) mass is 276 g/mol. The van der Waals surface area contributed by atoms with E-state index in [-0.39, 0.29) is 11.7 Å². The van der Waals surface area contributed by atoms with Gasteiger partial charge in [-0.25, -0.2) is 15.2 Å². The Hall–Kier alpha value is -2.67. The molecule has 0 saturated heterocycles. The Balaban J connectivity index is 2.18. The Kier molecular flexibility index (Phi) is 4.11. The topological polar surface area (TPSA) is 89.3 Å². The van der Waals surface area contributed by atoms with Crippen molar-refractivity contribution in [2.24, 2.45) is 5.84 Å². The van der Waals surface area contributed by atoms with Crippen molar-refractivity contribution in [3.8, 4) is 5.75 Å². The van der Waals surface area contributed by atoms with Crippen molar-refractivity contribution in [1.29, 1.82) is 0 Å². The molecule has 0 saturated carbocycles. The lowest BCUT2D eigenvalue weighted by Crippen LogP contribution is -2.14. The summed E-state index contributed by atoms with van der Waals surface area (Å²) in [4.78, 5) is 15.9. The SMILES string of the molecule is COc1cc(NC(=O)c2ccnc(NN)c2)ccc1F. The van der Waals surface area contributed by atoms with Crippen molar-refractivity contribution in [1.82, 2.24) is 4.98 Å². The number of rotatable bonds is 4. The number of carbonyl (C=O) groups excluding carboxylic acids is 1. The molecule has 1 heterocycles. The van der Waals surface area contributed by atoms with Crippen LogP contribution in [0, 0.1) is 5.82 Å². The predicted octanol–water partition coefficient (Wildman–Crippen LogP) is 1.77. The molecular formula is C13H13FN4O2. The normalized spacial score (nSPS) is 9.95. The molecule has 0 aliphatic carbocycles. The zero-order valence-corrected chi connectivity index (χ0v) is 10.7. The lowest BCUT2D eigenvalue weighted by molar-refractivity contribution is 0.102. The molecule has 6 nitrogen and oxygen atoms in total. The first-order valence-corrected chi connectivity index (χ1v) is 5.71. The van der Waals surface area contributed by atoms with E-state index in [9.17, 15) is 9.18 Å². The Morgan fingerprint density at radius 3 is 2.85 bits per heavy atom. The number of nitrogens with two attached hydrogens (primary N) is 1. The standard InChI is InChI=1S/C13H13FN4O2/c1-20-11-7-9(2-3-10(11)14)17-13(19)8-4-5-16-12(6-8)18-15/h2-7H,15H2,1H3,(H,16,18)(H,17,19). The van der Waals surface area contributed by atoms with Crippen molar-refractivity contribution in [2.75, 3.05) is 17.9 Å². The molecule has 0 unspecified atom stereocenters. The third-order valence-electron chi connectivity index (χ3n) is 2.58. The van der Waals surface area contributed by atoms with Gasteiger partial charge in [-0.3, -0.25) is 4.79 Å². The van der Waals surface area contributed by atoms with Crippen LogP contribution in [0.25, 0.3) is 0 Å². The van der Waals surface area contributed by atoms with Gasteiger partial charge in [-0.15, -0.1) is 0 Å². The summed E-state index contributed by atoms with van der Waals surface area (Å²) in [5, 5.41) is 2.63. The zero-order chi connectivity index (χ0) is 14.5. The number of benzene rings is 1. The second-order valence-corrected chi connectivity index (χ2v) is 3.88. The van der Waals surface area contributed by atoms with Gasteiger partial charge in [0, 0.05) is 23.5 Å². The molecule has 0 atom stereocenters. The van der Waals surface area contributed by atoms with Gasteiger partial charge in [0.15, 0.2) is 11.6 Å². The maximum atomic E-state index is 13.3. The number of ether oxygens (including phenoxy) is 1. The van der Waals surface area contributed by atoms with E-state index in [0.29, 0.717) is 17.1 Å². The molecule has 2 aromatic rings. The van der Waals surface area contributed by atoms with E-state index in [4.69, 9.17) is 10.6 Å². The van der Waals surface area contributed by atoms with Gasteiger partial charge in [0.25, 0.3) is 5.91 Å². The van der Waals surface area contributed by atoms with Crippen LogP contribution in [0.4, 0.5) is 15.9 Å². The number of nitrogens with one attached hydrogen (secondary N) is 2. The number of nitrogens with zero attached hydrogens (tertiary/aromatic N) is 1. The first-order valence-electron chi connectivity index (χ1n) is 5.71. The molecule has 0 aliphatic heterocycles. The van der Waals surface area contributed by atoms with Crippen LogP contribution in [-0.4, -0.2) is 18.0 Å². The van der Waals surface area contributed by atoms with Gasteiger partial charge < -0.3 is 15.5 Å². The molecule has 1 amide bonds. The number of methoxy groups -OCH3 is 1. The highest BCUT2D eigenvalue weighted by Gasteiger charge is 2.09. The number of halogens is 1. The molecule has 1 aromatic carbocycles. The minimum Gasteiger partial charge on any atom is -0.494 e. The Bertz CT molecular complexity index is 634. The summed E-state index contributed by atoms with van der Waals surface area (Å²) >= 11 is 0. The highest BCUT2D eigenvalue weighted by Crippen LogP contribution is 2.22. The summed E-state index contributed by atoms with van der Waals surface area (Å²) in [5.74, 6) is 4.79. The summed E-state index contributed by atoms with van der Waals surface area (Å²) in [6.07, 6.45) is 1.45. The van der Waals surface area contributed by atoms with E-state index in [1.807, 2.05) is 0 Å². The number of hydrogen-bond acceptors (Lipinski definition) is 5. The number of carbonyl (C=O) groups is 1.